The summed E-state index contributed by atoms with van der Waals surface area (Å²) in [5, 5.41) is 21.6. The van der Waals surface area contributed by atoms with Crippen molar-refractivity contribution >= 4 is 23.3 Å². The highest BCUT2D eigenvalue weighted by Gasteiger charge is 2.53. The zero-order valence-corrected chi connectivity index (χ0v) is 19.4. The number of halogens is 3. The number of nitrogens with one attached hydrogen (secondary N) is 1. The minimum absolute atomic E-state index is 0.0606. The van der Waals surface area contributed by atoms with E-state index in [1.165, 1.54) is 6.07 Å². The zero-order chi connectivity index (χ0) is 27.0. The molecular weight excluding hydrogens is 507 g/mol. The number of carbonyl (C=O) groups excluding carboxylic acids is 3. The molecule has 0 aliphatic carbocycles. The monoisotopic (exact) mass is 523 g/mol. The minimum Gasteiger partial charge on any atom is -0.406 e. The van der Waals surface area contributed by atoms with Crippen molar-refractivity contribution in [3.05, 3.63) is 77.5 Å². The number of rotatable bonds is 6. The van der Waals surface area contributed by atoms with Gasteiger partial charge in [-0.3, -0.25) is 19.3 Å². The fraction of sp³-hybridized carbons (Fsp3) is 0.167. The van der Waals surface area contributed by atoms with Crippen LogP contribution in [0.1, 0.15) is 27.7 Å². The summed E-state index contributed by atoms with van der Waals surface area (Å²) < 4.78 is 41.4. The Hall–Kier alpha value is -5.01. The summed E-state index contributed by atoms with van der Waals surface area (Å²) >= 11 is 0. The van der Waals surface area contributed by atoms with Gasteiger partial charge in [-0.2, -0.15) is 10.3 Å². The molecule has 2 atom stereocenters. The van der Waals surface area contributed by atoms with Crippen molar-refractivity contribution in [1.29, 1.82) is 0 Å². The predicted octanol–water partition coefficient (Wildman–Crippen LogP) is 3.02. The number of ketones is 2. The number of aromatic amines is 1. The van der Waals surface area contributed by atoms with E-state index in [1.54, 1.807) is 37.3 Å². The van der Waals surface area contributed by atoms with Crippen molar-refractivity contribution in [3.63, 3.8) is 0 Å². The second-order valence-electron chi connectivity index (χ2n) is 8.29. The summed E-state index contributed by atoms with van der Waals surface area (Å²) in [6.45, 7) is 1.69. The molecule has 11 nitrogen and oxygen atoms in total. The Kier molecular flexibility index (Phi) is 6.14. The number of aromatic nitrogens is 6. The van der Waals surface area contributed by atoms with Crippen molar-refractivity contribution in [3.8, 4) is 17.1 Å². The Morgan fingerprint density at radius 2 is 1.66 bits per heavy atom. The molecule has 3 heterocycles. The summed E-state index contributed by atoms with van der Waals surface area (Å²) in [7, 11) is 0. The first-order valence-corrected chi connectivity index (χ1v) is 11.0. The lowest BCUT2D eigenvalue weighted by Crippen LogP contribution is -2.31. The molecule has 2 aromatic heterocycles. The van der Waals surface area contributed by atoms with Gasteiger partial charge in [-0.1, -0.05) is 24.3 Å². The highest BCUT2D eigenvalue weighted by molar-refractivity contribution is 6.48. The number of alkyl halides is 3. The number of ether oxygens (including phenoxy) is 1. The molecule has 5 rings (SSSR count). The van der Waals surface area contributed by atoms with E-state index in [9.17, 15) is 27.6 Å². The topological polar surface area (TPSA) is 144 Å². The largest absolute Gasteiger partial charge is 0.573 e. The predicted molar refractivity (Wildman–Crippen MR) is 123 cm³/mol. The van der Waals surface area contributed by atoms with E-state index < -0.39 is 41.5 Å². The van der Waals surface area contributed by atoms with Crippen LogP contribution in [0.3, 0.4) is 0 Å². The molecule has 2 unspecified atom stereocenters. The van der Waals surface area contributed by atoms with Crippen LogP contribution in [-0.2, 0) is 9.59 Å². The van der Waals surface area contributed by atoms with Gasteiger partial charge in [-0.15, -0.1) is 28.5 Å². The number of amides is 1. The van der Waals surface area contributed by atoms with Gasteiger partial charge in [0.2, 0.25) is 11.6 Å². The van der Waals surface area contributed by atoms with Gasteiger partial charge in [0.15, 0.2) is 11.6 Å². The van der Waals surface area contributed by atoms with Crippen LogP contribution in [-0.4, -0.2) is 54.7 Å². The molecule has 0 radical (unpaired) electrons. The van der Waals surface area contributed by atoms with Crippen molar-refractivity contribution < 1.29 is 32.3 Å². The van der Waals surface area contributed by atoms with Crippen molar-refractivity contribution in [1.82, 2.24) is 30.8 Å². The molecule has 4 aromatic rings. The van der Waals surface area contributed by atoms with E-state index in [0.717, 1.165) is 29.2 Å². The summed E-state index contributed by atoms with van der Waals surface area (Å²) in [5.74, 6) is -4.37. The van der Waals surface area contributed by atoms with Crippen molar-refractivity contribution in [2.75, 3.05) is 4.90 Å². The van der Waals surface area contributed by atoms with Crippen LogP contribution in [0, 0.1) is 12.8 Å². The lowest BCUT2D eigenvalue weighted by Gasteiger charge is -2.26. The van der Waals surface area contributed by atoms with Gasteiger partial charge in [0.05, 0.1) is 11.7 Å². The third-order valence-corrected chi connectivity index (χ3v) is 5.85. The fourth-order valence-corrected chi connectivity index (χ4v) is 4.16. The Morgan fingerprint density at radius 3 is 2.24 bits per heavy atom. The van der Waals surface area contributed by atoms with E-state index in [2.05, 4.69) is 35.6 Å². The van der Waals surface area contributed by atoms with Gasteiger partial charge in [0.25, 0.3) is 5.91 Å². The molecule has 1 fully saturated rings. The average Bonchev–Trinajstić information content (AvgIpc) is 3.51. The normalized spacial score (nSPS) is 17.6. The molecular formula is C24H16F3N7O4. The molecule has 0 spiro atoms. The summed E-state index contributed by atoms with van der Waals surface area (Å²) in [6.07, 6.45) is -4.91. The van der Waals surface area contributed by atoms with Gasteiger partial charge in [0.1, 0.15) is 11.7 Å². The van der Waals surface area contributed by atoms with Crippen molar-refractivity contribution in [2.24, 2.45) is 5.92 Å². The molecule has 0 bridgehead atoms. The van der Waals surface area contributed by atoms with E-state index >= 15 is 0 Å². The second-order valence-corrected chi connectivity index (χ2v) is 8.29. The number of benzene rings is 2. The number of carbonyl (C=O) groups is 3. The molecule has 1 aliphatic rings. The maximum atomic E-state index is 13.5. The Labute approximate surface area is 211 Å². The third kappa shape index (κ3) is 4.70. The molecule has 1 aliphatic heterocycles. The van der Waals surface area contributed by atoms with Crippen LogP contribution in [0.25, 0.3) is 11.4 Å². The molecule has 192 valence electrons. The molecule has 1 amide bonds. The number of aryl methyl sites for hydroxylation is 1. The highest BCUT2D eigenvalue weighted by Crippen LogP contribution is 2.41. The van der Waals surface area contributed by atoms with Crippen LogP contribution in [0.4, 0.5) is 19.0 Å². The SMILES string of the molecule is Cc1ccc(N2C(=O)C(=O)C(C(=O)c3ccc(OC(F)(F)F)cc3)C2c2ccc(-c3nn[nH]n3)cc2)nn1. The Bertz CT molecular complexity index is 1490. The van der Waals surface area contributed by atoms with E-state index in [-0.39, 0.29) is 11.4 Å². The van der Waals surface area contributed by atoms with E-state index in [1.807, 2.05) is 0 Å². The molecule has 0 saturated carbocycles. The van der Waals surface area contributed by atoms with Gasteiger partial charge in [-0.05, 0) is 54.1 Å². The van der Waals surface area contributed by atoms with Gasteiger partial charge in [-0.25, -0.2) is 0 Å². The molecule has 1 saturated heterocycles. The average molecular weight is 523 g/mol. The number of nitrogens with zero attached hydrogens (tertiary/aromatic N) is 6. The van der Waals surface area contributed by atoms with Gasteiger partial charge >= 0.3 is 6.36 Å². The fourth-order valence-electron chi connectivity index (χ4n) is 4.16. The van der Waals surface area contributed by atoms with E-state index in [0.29, 0.717) is 22.6 Å². The van der Waals surface area contributed by atoms with E-state index in [4.69, 9.17) is 0 Å². The third-order valence-electron chi connectivity index (χ3n) is 5.85. The van der Waals surface area contributed by atoms with Crippen LogP contribution in [0.2, 0.25) is 0 Å². The maximum absolute atomic E-state index is 13.5. The van der Waals surface area contributed by atoms with Gasteiger partial charge < -0.3 is 4.74 Å². The summed E-state index contributed by atoms with van der Waals surface area (Å²) in [5.41, 5.74) is 1.51. The zero-order valence-electron chi connectivity index (χ0n) is 19.4. The number of tetrazole rings is 1. The molecule has 38 heavy (non-hydrogen) atoms. The standard InChI is InChI=1S/C24H16F3N7O4/c1-12-2-11-17(29-28-12)34-19(13-3-5-15(6-4-13)22-30-32-33-31-22)18(21(36)23(34)37)20(35)14-7-9-16(10-8-14)38-24(25,26)27/h2-11,18-19H,1H3,(H,30,31,32,33). The van der Waals surface area contributed by atoms with Gasteiger partial charge in [0, 0.05) is 11.1 Å². The molecule has 2 aromatic carbocycles. The number of hydrogen-bond acceptors (Lipinski definition) is 9. The summed E-state index contributed by atoms with van der Waals surface area (Å²) in [4.78, 5) is 41.0. The molecule has 1 N–H and O–H groups in total. The Morgan fingerprint density at radius 1 is 0.947 bits per heavy atom. The van der Waals surface area contributed by atoms with Crippen LogP contribution < -0.4 is 9.64 Å². The lowest BCUT2D eigenvalue weighted by molar-refractivity contribution is -0.274. The Balaban J connectivity index is 1.55. The first-order valence-electron chi connectivity index (χ1n) is 11.0. The van der Waals surface area contributed by atoms with Crippen LogP contribution in [0.15, 0.2) is 60.7 Å². The number of hydrogen-bond donors (Lipinski definition) is 1. The van der Waals surface area contributed by atoms with Crippen LogP contribution in [0.5, 0.6) is 5.75 Å². The van der Waals surface area contributed by atoms with Crippen LogP contribution >= 0.6 is 0 Å². The number of H-pyrrole nitrogens is 1. The van der Waals surface area contributed by atoms with Crippen molar-refractivity contribution in [2.45, 2.75) is 19.3 Å². The first kappa shape index (κ1) is 24.7. The smallest absolute Gasteiger partial charge is 0.406 e. The lowest BCUT2D eigenvalue weighted by atomic mass is 9.86. The quantitative estimate of drug-likeness (QED) is 0.229. The maximum Gasteiger partial charge on any atom is 0.573 e. The summed E-state index contributed by atoms with van der Waals surface area (Å²) in [6, 6.07) is 12.6. The minimum atomic E-state index is -4.91. The number of Topliss-reactive ketones (excluding diaryl/α,β-unsaturated/α-hetero) is 2. The first-order chi connectivity index (χ1) is 18.1. The molecule has 14 heteroatoms. The number of anilines is 1. The highest BCUT2D eigenvalue weighted by atomic mass is 19.4. The second kappa shape index (κ2) is 9.46.